The largest absolute Gasteiger partial charge is 0.481 e. The summed E-state index contributed by atoms with van der Waals surface area (Å²) in [5.41, 5.74) is -0.753. The van der Waals surface area contributed by atoms with Crippen LogP contribution in [0, 0.1) is 46.3 Å². The fraction of sp³-hybridized carbons (Fsp3) is 0.917. The zero-order valence-electron chi connectivity index (χ0n) is 17.8. The fourth-order valence-electron chi connectivity index (χ4n) is 8.93. The van der Waals surface area contributed by atoms with Gasteiger partial charge in [-0.25, -0.2) is 0 Å². The first-order chi connectivity index (χ1) is 13.2. The second-order valence-electron chi connectivity index (χ2n) is 11.1. The molecule has 4 aliphatic rings. The van der Waals surface area contributed by atoms with Crippen LogP contribution in [0.5, 0.6) is 0 Å². The van der Waals surface area contributed by atoms with Gasteiger partial charge in [0.05, 0.1) is 5.60 Å². The van der Waals surface area contributed by atoms with Crippen molar-refractivity contribution in [2.24, 2.45) is 46.3 Å². The molecule has 0 aliphatic heterocycles. The summed E-state index contributed by atoms with van der Waals surface area (Å²) in [6, 6.07) is 0. The summed E-state index contributed by atoms with van der Waals surface area (Å²) in [4.78, 5) is 23.4. The van der Waals surface area contributed by atoms with Gasteiger partial charge in [-0.15, -0.1) is 0 Å². The number of hydrogen-bond acceptors (Lipinski definition) is 3. The minimum Gasteiger partial charge on any atom is -0.481 e. The smallest absolute Gasteiger partial charge is 0.303 e. The Morgan fingerprint density at radius 2 is 1.82 bits per heavy atom. The predicted octanol–water partition coefficient (Wildman–Crippen LogP) is 4.69. The summed E-state index contributed by atoms with van der Waals surface area (Å²) >= 11 is 0. The van der Waals surface area contributed by atoms with Crippen LogP contribution in [0.4, 0.5) is 0 Å². The van der Waals surface area contributed by atoms with Crippen molar-refractivity contribution in [3.05, 3.63) is 0 Å². The van der Waals surface area contributed by atoms with E-state index in [9.17, 15) is 14.7 Å². The van der Waals surface area contributed by atoms with Gasteiger partial charge in [-0.1, -0.05) is 33.6 Å². The molecule has 4 rings (SSSR count). The van der Waals surface area contributed by atoms with Crippen LogP contribution in [-0.4, -0.2) is 28.1 Å². The molecule has 0 aromatic heterocycles. The molecule has 0 amide bonds. The zero-order chi connectivity index (χ0) is 20.3. The molecule has 4 fully saturated rings. The molecule has 9 atom stereocenters. The van der Waals surface area contributed by atoms with E-state index in [0.717, 1.165) is 57.7 Å². The van der Waals surface area contributed by atoms with Crippen molar-refractivity contribution in [1.29, 1.82) is 0 Å². The van der Waals surface area contributed by atoms with E-state index >= 15 is 0 Å². The van der Waals surface area contributed by atoms with E-state index in [1.165, 1.54) is 6.42 Å². The van der Waals surface area contributed by atoms with Crippen LogP contribution < -0.4 is 0 Å². The van der Waals surface area contributed by atoms with Crippen LogP contribution in [0.2, 0.25) is 0 Å². The lowest BCUT2D eigenvalue weighted by Crippen LogP contribution is -2.51. The molecular formula is C24H38O4. The Hall–Kier alpha value is -0.900. The first-order valence-electron chi connectivity index (χ1n) is 11.6. The van der Waals surface area contributed by atoms with Crippen LogP contribution in [0.15, 0.2) is 0 Å². The Labute approximate surface area is 169 Å². The quantitative estimate of drug-likeness (QED) is 0.668. The lowest BCUT2D eigenvalue weighted by Gasteiger charge is -2.52. The van der Waals surface area contributed by atoms with Gasteiger partial charge in [-0.2, -0.15) is 0 Å². The fourth-order valence-corrected chi connectivity index (χ4v) is 8.93. The predicted molar refractivity (Wildman–Crippen MR) is 108 cm³/mol. The third kappa shape index (κ3) is 2.58. The number of carboxylic acid groups (broad SMARTS) is 1. The molecule has 4 nitrogen and oxygen atoms in total. The normalized spacial score (nSPS) is 51.1. The average Bonchev–Trinajstić information content (AvgIpc) is 3.09. The Bertz CT molecular complexity index is 647. The monoisotopic (exact) mass is 390 g/mol. The van der Waals surface area contributed by atoms with Gasteiger partial charge in [0.25, 0.3) is 0 Å². The molecule has 0 bridgehead atoms. The number of aliphatic carboxylic acids is 1. The molecule has 0 aromatic carbocycles. The second-order valence-corrected chi connectivity index (χ2v) is 11.1. The maximum absolute atomic E-state index is 12.3. The van der Waals surface area contributed by atoms with Crippen molar-refractivity contribution in [3.63, 3.8) is 0 Å². The number of rotatable bonds is 5. The van der Waals surface area contributed by atoms with Crippen molar-refractivity contribution in [2.45, 2.75) is 90.6 Å². The van der Waals surface area contributed by atoms with E-state index in [1.54, 1.807) is 0 Å². The van der Waals surface area contributed by atoms with Crippen molar-refractivity contribution < 1.29 is 19.8 Å². The summed E-state index contributed by atoms with van der Waals surface area (Å²) in [5, 5.41) is 20.9. The van der Waals surface area contributed by atoms with Gasteiger partial charge in [0.1, 0.15) is 6.29 Å². The standard InChI is InChI=1S/C24H38O4/c1-15(6-9-20(26)27)16-7-8-17-21-18(10-13-22(16,17)2)23(3)11-4-5-12-24(23,28)19(21)14-25/h14-19,21,28H,4-13H2,1-3H3,(H,26,27)/t15-,16-,17?,18?,19-,21?,22-,23-,24-/m1/s1. The zero-order valence-corrected chi connectivity index (χ0v) is 17.8. The topological polar surface area (TPSA) is 74.6 Å². The van der Waals surface area contributed by atoms with Crippen molar-refractivity contribution in [1.82, 2.24) is 0 Å². The SMILES string of the molecule is C[C@H](CCC(=O)O)[C@H]1CCC2C3C(CC[C@@]21C)[C@@]1(C)CCCC[C@@]1(O)[C@@H]3C=O. The molecule has 3 unspecified atom stereocenters. The molecule has 4 heteroatoms. The molecule has 0 heterocycles. The van der Waals surface area contributed by atoms with Gasteiger partial charge in [0, 0.05) is 17.8 Å². The van der Waals surface area contributed by atoms with Gasteiger partial charge >= 0.3 is 5.97 Å². The van der Waals surface area contributed by atoms with Crippen LogP contribution in [0.1, 0.15) is 85.0 Å². The molecule has 4 saturated carbocycles. The van der Waals surface area contributed by atoms with Crippen LogP contribution in [-0.2, 0) is 9.59 Å². The lowest BCUT2D eigenvalue weighted by atomic mass is 9.53. The van der Waals surface area contributed by atoms with Gasteiger partial charge in [-0.3, -0.25) is 4.79 Å². The maximum Gasteiger partial charge on any atom is 0.303 e. The number of aldehydes is 1. The molecule has 158 valence electrons. The number of hydrogen-bond donors (Lipinski definition) is 2. The molecule has 0 aromatic rings. The first kappa shape index (κ1) is 20.4. The van der Waals surface area contributed by atoms with E-state index in [4.69, 9.17) is 5.11 Å². The minimum absolute atomic E-state index is 0.115. The molecule has 0 radical (unpaired) electrons. The summed E-state index contributed by atoms with van der Waals surface area (Å²) in [6.07, 6.45) is 10.7. The molecule has 4 aliphatic carbocycles. The van der Waals surface area contributed by atoms with E-state index in [-0.39, 0.29) is 23.2 Å². The Morgan fingerprint density at radius 3 is 2.50 bits per heavy atom. The third-order valence-corrected chi connectivity index (χ3v) is 10.3. The summed E-state index contributed by atoms with van der Waals surface area (Å²) in [7, 11) is 0. The Kier molecular flexibility index (Phi) is 4.96. The molecule has 0 saturated heterocycles. The first-order valence-corrected chi connectivity index (χ1v) is 11.6. The van der Waals surface area contributed by atoms with Gasteiger partial charge in [-0.05, 0) is 80.0 Å². The van der Waals surface area contributed by atoms with E-state index in [1.807, 2.05) is 0 Å². The number of carbonyl (C=O) groups excluding carboxylic acids is 1. The van der Waals surface area contributed by atoms with Gasteiger partial charge in [0.15, 0.2) is 0 Å². The number of carboxylic acids is 1. The summed E-state index contributed by atoms with van der Waals surface area (Å²) < 4.78 is 0. The van der Waals surface area contributed by atoms with Gasteiger partial charge in [0.2, 0.25) is 0 Å². The molecule has 28 heavy (non-hydrogen) atoms. The van der Waals surface area contributed by atoms with E-state index in [2.05, 4.69) is 20.8 Å². The Morgan fingerprint density at radius 1 is 1.11 bits per heavy atom. The van der Waals surface area contributed by atoms with E-state index < -0.39 is 11.6 Å². The van der Waals surface area contributed by atoms with Crippen LogP contribution in [0.25, 0.3) is 0 Å². The highest BCUT2D eigenvalue weighted by Crippen LogP contribution is 2.72. The van der Waals surface area contributed by atoms with Crippen molar-refractivity contribution in [2.75, 3.05) is 0 Å². The average molecular weight is 391 g/mol. The second kappa shape index (κ2) is 6.82. The highest BCUT2D eigenvalue weighted by molar-refractivity contribution is 5.66. The Balaban J connectivity index is 1.64. The number of fused-ring (bicyclic) bond motifs is 5. The van der Waals surface area contributed by atoms with Crippen molar-refractivity contribution in [3.8, 4) is 0 Å². The van der Waals surface area contributed by atoms with E-state index in [0.29, 0.717) is 29.6 Å². The molecule has 2 N–H and O–H groups in total. The molecule has 0 spiro atoms. The summed E-state index contributed by atoms with van der Waals surface area (Å²) in [5.74, 6) is 1.27. The maximum atomic E-state index is 12.3. The van der Waals surface area contributed by atoms with Crippen LogP contribution >= 0.6 is 0 Å². The number of aliphatic hydroxyl groups is 1. The third-order valence-electron chi connectivity index (χ3n) is 10.3. The van der Waals surface area contributed by atoms with Crippen LogP contribution in [0.3, 0.4) is 0 Å². The highest BCUT2D eigenvalue weighted by atomic mass is 16.4. The summed E-state index contributed by atoms with van der Waals surface area (Å²) in [6.45, 7) is 6.92. The number of carbonyl (C=O) groups is 2. The lowest BCUT2D eigenvalue weighted by molar-refractivity contribution is -0.140. The molecular weight excluding hydrogens is 352 g/mol. The highest BCUT2D eigenvalue weighted by Gasteiger charge is 2.71. The minimum atomic E-state index is -0.819. The van der Waals surface area contributed by atoms with Gasteiger partial charge < -0.3 is 15.0 Å². The van der Waals surface area contributed by atoms with Crippen molar-refractivity contribution >= 4 is 12.3 Å².